The van der Waals surface area contributed by atoms with Gasteiger partial charge in [0.2, 0.25) is 0 Å². The van der Waals surface area contributed by atoms with Crippen LogP contribution < -0.4 is 0 Å². The number of allylic oxidation sites excluding steroid dienone is 2. The molecule has 0 aliphatic heterocycles. The third kappa shape index (κ3) is 25.2. The fourth-order valence-corrected chi connectivity index (χ4v) is 3.82. The van der Waals surface area contributed by atoms with E-state index >= 15 is 0 Å². The van der Waals surface area contributed by atoms with Crippen molar-refractivity contribution in [3.8, 4) is 0 Å². The molecule has 0 saturated carbocycles. The molecule has 178 valence electrons. The Morgan fingerprint density at radius 2 is 0.967 bits per heavy atom. The van der Waals surface area contributed by atoms with Crippen LogP contribution in [-0.2, 0) is 9.53 Å². The lowest BCUT2D eigenvalue weighted by Gasteiger charge is -2.05. The van der Waals surface area contributed by atoms with Crippen LogP contribution in [0.15, 0.2) is 12.2 Å². The standard InChI is InChI=1S/C28H54O2/c1-3-5-7-9-11-13-15-17-19-21-23-25-27-30-28(29)26-24-22-20-18-16-14-12-10-8-6-4-2/h9,11H,3-8,10,12-27H2,1-2H3/b11-9+. The van der Waals surface area contributed by atoms with Gasteiger partial charge in [0.1, 0.15) is 0 Å². The van der Waals surface area contributed by atoms with Gasteiger partial charge in [-0.2, -0.15) is 0 Å². The second kappa shape index (κ2) is 26.2. The van der Waals surface area contributed by atoms with E-state index in [0.717, 1.165) is 12.8 Å². The van der Waals surface area contributed by atoms with Crippen LogP contribution in [0.4, 0.5) is 0 Å². The van der Waals surface area contributed by atoms with Gasteiger partial charge in [-0.15, -0.1) is 0 Å². The minimum Gasteiger partial charge on any atom is -0.466 e. The fourth-order valence-electron chi connectivity index (χ4n) is 3.82. The Labute approximate surface area is 189 Å². The Bertz CT molecular complexity index is 362. The third-order valence-electron chi connectivity index (χ3n) is 5.90. The number of rotatable bonds is 24. The van der Waals surface area contributed by atoms with Crippen LogP contribution in [0.2, 0.25) is 0 Å². The van der Waals surface area contributed by atoms with Crippen molar-refractivity contribution in [1.29, 1.82) is 0 Å². The maximum atomic E-state index is 11.8. The van der Waals surface area contributed by atoms with Gasteiger partial charge in [-0.25, -0.2) is 0 Å². The molecular formula is C28H54O2. The molecule has 0 heterocycles. The van der Waals surface area contributed by atoms with Crippen LogP contribution in [0.1, 0.15) is 155 Å². The highest BCUT2D eigenvalue weighted by Gasteiger charge is 2.02. The summed E-state index contributed by atoms with van der Waals surface area (Å²) < 4.78 is 5.38. The van der Waals surface area contributed by atoms with E-state index in [0.29, 0.717) is 13.0 Å². The molecular weight excluding hydrogens is 368 g/mol. The first-order valence-electron chi connectivity index (χ1n) is 13.6. The summed E-state index contributed by atoms with van der Waals surface area (Å²) in [6, 6.07) is 0. The molecule has 0 atom stereocenters. The van der Waals surface area contributed by atoms with Crippen LogP contribution in [0.25, 0.3) is 0 Å². The van der Waals surface area contributed by atoms with Crippen LogP contribution in [0.3, 0.4) is 0 Å². The molecule has 0 amide bonds. The van der Waals surface area contributed by atoms with Gasteiger partial charge in [-0.3, -0.25) is 4.79 Å². The summed E-state index contributed by atoms with van der Waals surface area (Å²) in [7, 11) is 0. The average Bonchev–Trinajstić information content (AvgIpc) is 2.75. The highest BCUT2D eigenvalue weighted by molar-refractivity contribution is 5.69. The predicted molar refractivity (Wildman–Crippen MR) is 133 cm³/mol. The normalized spacial score (nSPS) is 11.4. The first kappa shape index (κ1) is 29.2. The molecule has 0 spiro atoms. The number of unbranched alkanes of at least 4 members (excludes halogenated alkanes) is 18. The van der Waals surface area contributed by atoms with Gasteiger partial charge < -0.3 is 4.74 Å². The van der Waals surface area contributed by atoms with Crippen molar-refractivity contribution in [2.45, 2.75) is 155 Å². The summed E-state index contributed by atoms with van der Waals surface area (Å²) in [5.74, 6) is 0.0146. The highest BCUT2D eigenvalue weighted by atomic mass is 16.5. The van der Waals surface area contributed by atoms with Crippen molar-refractivity contribution in [3.05, 3.63) is 12.2 Å². The van der Waals surface area contributed by atoms with Gasteiger partial charge in [-0.1, -0.05) is 129 Å². The zero-order chi connectivity index (χ0) is 22.0. The lowest BCUT2D eigenvalue weighted by Crippen LogP contribution is -2.05. The molecule has 2 nitrogen and oxygen atoms in total. The van der Waals surface area contributed by atoms with Gasteiger partial charge in [0.15, 0.2) is 0 Å². The molecule has 0 N–H and O–H groups in total. The SMILES string of the molecule is CCCC/C=C/CCCCCCCCOC(=O)CCCCCCCCCCCCC. The van der Waals surface area contributed by atoms with Crippen molar-refractivity contribution in [1.82, 2.24) is 0 Å². The zero-order valence-electron chi connectivity index (χ0n) is 20.7. The van der Waals surface area contributed by atoms with Crippen molar-refractivity contribution >= 4 is 5.97 Å². The van der Waals surface area contributed by atoms with Gasteiger partial charge >= 0.3 is 5.97 Å². The smallest absolute Gasteiger partial charge is 0.305 e. The molecule has 0 aromatic rings. The summed E-state index contributed by atoms with van der Waals surface area (Å²) in [6.45, 7) is 5.14. The van der Waals surface area contributed by atoms with E-state index in [1.54, 1.807) is 0 Å². The van der Waals surface area contributed by atoms with Crippen LogP contribution in [-0.4, -0.2) is 12.6 Å². The maximum absolute atomic E-state index is 11.8. The Morgan fingerprint density at radius 3 is 1.53 bits per heavy atom. The van der Waals surface area contributed by atoms with E-state index in [-0.39, 0.29) is 5.97 Å². The van der Waals surface area contributed by atoms with Gasteiger partial charge in [-0.05, 0) is 32.1 Å². The first-order chi connectivity index (χ1) is 14.8. The summed E-state index contributed by atoms with van der Waals surface area (Å²) in [6.07, 6.45) is 32.4. The molecule has 30 heavy (non-hydrogen) atoms. The van der Waals surface area contributed by atoms with E-state index in [4.69, 9.17) is 4.74 Å². The monoisotopic (exact) mass is 422 g/mol. The lowest BCUT2D eigenvalue weighted by molar-refractivity contribution is -0.143. The van der Waals surface area contributed by atoms with Crippen molar-refractivity contribution in [2.24, 2.45) is 0 Å². The van der Waals surface area contributed by atoms with Crippen LogP contribution >= 0.6 is 0 Å². The molecule has 0 unspecified atom stereocenters. The van der Waals surface area contributed by atoms with Crippen molar-refractivity contribution in [2.75, 3.05) is 6.61 Å². The summed E-state index contributed by atoms with van der Waals surface area (Å²) in [5.41, 5.74) is 0. The molecule has 0 aliphatic rings. The molecule has 0 bridgehead atoms. The number of hydrogen-bond acceptors (Lipinski definition) is 2. The van der Waals surface area contributed by atoms with Gasteiger partial charge in [0.25, 0.3) is 0 Å². The molecule has 0 fully saturated rings. The molecule has 0 radical (unpaired) electrons. The molecule has 0 aromatic carbocycles. The number of hydrogen-bond donors (Lipinski definition) is 0. The second-order valence-electron chi connectivity index (χ2n) is 9.03. The van der Waals surface area contributed by atoms with Gasteiger partial charge in [0.05, 0.1) is 6.61 Å². The molecule has 0 aromatic heterocycles. The van der Waals surface area contributed by atoms with E-state index in [1.165, 1.54) is 122 Å². The topological polar surface area (TPSA) is 26.3 Å². The summed E-state index contributed by atoms with van der Waals surface area (Å²) >= 11 is 0. The number of ether oxygens (including phenoxy) is 1. The Balaban J connectivity index is 3.18. The Morgan fingerprint density at radius 1 is 0.533 bits per heavy atom. The summed E-state index contributed by atoms with van der Waals surface area (Å²) in [4.78, 5) is 11.8. The number of esters is 1. The maximum Gasteiger partial charge on any atom is 0.305 e. The number of carbonyl (C=O) groups is 1. The molecule has 0 rings (SSSR count). The lowest BCUT2D eigenvalue weighted by atomic mass is 10.1. The van der Waals surface area contributed by atoms with E-state index in [9.17, 15) is 4.79 Å². The number of carbonyl (C=O) groups excluding carboxylic acids is 1. The van der Waals surface area contributed by atoms with E-state index in [1.807, 2.05) is 0 Å². The van der Waals surface area contributed by atoms with E-state index in [2.05, 4.69) is 26.0 Å². The first-order valence-corrected chi connectivity index (χ1v) is 13.6. The highest BCUT2D eigenvalue weighted by Crippen LogP contribution is 2.12. The molecule has 0 saturated heterocycles. The Kier molecular flexibility index (Phi) is 25.6. The Hall–Kier alpha value is -0.790. The van der Waals surface area contributed by atoms with E-state index < -0.39 is 0 Å². The summed E-state index contributed by atoms with van der Waals surface area (Å²) in [5, 5.41) is 0. The minimum atomic E-state index is 0.0146. The third-order valence-corrected chi connectivity index (χ3v) is 5.90. The van der Waals surface area contributed by atoms with Crippen LogP contribution in [0, 0.1) is 0 Å². The van der Waals surface area contributed by atoms with Crippen LogP contribution in [0.5, 0.6) is 0 Å². The van der Waals surface area contributed by atoms with Gasteiger partial charge in [0, 0.05) is 6.42 Å². The largest absolute Gasteiger partial charge is 0.466 e. The van der Waals surface area contributed by atoms with Crippen molar-refractivity contribution in [3.63, 3.8) is 0 Å². The predicted octanol–water partition coefficient (Wildman–Crippen LogP) is 9.71. The molecule has 2 heteroatoms. The fraction of sp³-hybridized carbons (Fsp3) is 0.893. The van der Waals surface area contributed by atoms with Crippen molar-refractivity contribution < 1.29 is 9.53 Å². The molecule has 0 aliphatic carbocycles. The quantitative estimate of drug-likeness (QED) is 0.0878. The average molecular weight is 423 g/mol. The zero-order valence-corrected chi connectivity index (χ0v) is 20.7. The second-order valence-corrected chi connectivity index (χ2v) is 9.03. The minimum absolute atomic E-state index is 0.0146.